The maximum absolute atomic E-state index is 13.3. The average Bonchev–Trinajstić information content (AvgIpc) is 2.92. The lowest BCUT2D eigenvalue weighted by atomic mass is 9.87. The molecule has 2 aliphatic rings. The molecule has 0 spiro atoms. The van der Waals surface area contributed by atoms with E-state index in [2.05, 4.69) is 0 Å². The molecule has 1 unspecified atom stereocenters. The molecule has 0 radical (unpaired) electrons. The molecule has 1 atom stereocenters. The molecule has 3 N–H and O–H groups in total. The van der Waals surface area contributed by atoms with Gasteiger partial charge in [0.25, 0.3) is 5.91 Å². The normalized spacial score (nSPS) is 23.3. The van der Waals surface area contributed by atoms with Gasteiger partial charge in [0.05, 0.1) is 5.69 Å². The van der Waals surface area contributed by atoms with Crippen molar-refractivity contribution in [1.82, 2.24) is 0 Å². The molecule has 2 aromatic carbocycles. The molecule has 2 heterocycles. The van der Waals surface area contributed by atoms with Gasteiger partial charge in [0.2, 0.25) is 0 Å². The van der Waals surface area contributed by atoms with Crippen LogP contribution in [0.25, 0.3) is 0 Å². The summed E-state index contributed by atoms with van der Waals surface area (Å²) in [6.07, 6.45) is 1.87. The van der Waals surface area contributed by atoms with Crippen LogP contribution in [0.15, 0.2) is 53.4 Å². The maximum atomic E-state index is 13.3. The van der Waals surface area contributed by atoms with Crippen LogP contribution in [0.3, 0.4) is 0 Å². The third kappa shape index (κ3) is 2.83. The Morgan fingerprint density at radius 1 is 1.15 bits per heavy atom. The van der Waals surface area contributed by atoms with Gasteiger partial charge in [-0.05, 0) is 54.5 Å². The fraction of sp³-hybridized carbons (Fsp3) is 0.350. The van der Waals surface area contributed by atoms with Crippen LogP contribution in [0.5, 0.6) is 0 Å². The summed E-state index contributed by atoms with van der Waals surface area (Å²) >= 11 is 1.14. The van der Waals surface area contributed by atoms with Crippen LogP contribution in [0.2, 0.25) is 0 Å². The van der Waals surface area contributed by atoms with Crippen molar-refractivity contribution in [2.75, 3.05) is 24.7 Å². The van der Waals surface area contributed by atoms with Gasteiger partial charge in [-0.2, -0.15) is 0 Å². The predicted molar refractivity (Wildman–Crippen MR) is 102 cm³/mol. The van der Waals surface area contributed by atoms with E-state index in [-0.39, 0.29) is 5.91 Å². The summed E-state index contributed by atoms with van der Waals surface area (Å²) < 4.78 is 5.43. The number of anilines is 1. The lowest BCUT2D eigenvalue weighted by Gasteiger charge is -2.29. The summed E-state index contributed by atoms with van der Waals surface area (Å²) in [6.45, 7) is 2.08. The Morgan fingerprint density at radius 2 is 1.85 bits per heavy atom. The Morgan fingerprint density at radius 3 is 2.54 bits per heavy atom. The largest absolute Gasteiger partial charge is 0.381 e. The number of fused-ring (bicyclic) bond motifs is 1. The zero-order valence-electron chi connectivity index (χ0n) is 14.4. The first-order chi connectivity index (χ1) is 12.6. The molecule has 1 fully saturated rings. The fourth-order valence-corrected chi connectivity index (χ4v) is 4.15. The highest BCUT2D eigenvalue weighted by molar-refractivity contribution is 7.97. The Kier molecular flexibility index (Phi) is 4.75. The number of nitrogens with zero attached hydrogens (tertiary/aromatic N) is 1. The van der Waals surface area contributed by atoms with E-state index in [0.717, 1.165) is 48.6 Å². The number of aliphatic hydroxyl groups is 1. The molecule has 0 aromatic heterocycles. The van der Waals surface area contributed by atoms with Crippen molar-refractivity contribution in [3.63, 3.8) is 0 Å². The van der Waals surface area contributed by atoms with Gasteiger partial charge in [0, 0.05) is 30.2 Å². The van der Waals surface area contributed by atoms with Gasteiger partial charge < -0.3 is 14.7 Å². The number of rotatable bonds is 4. The van der Waals surface area contributed by atoms with Gasteiger partial charge in [-0.25, -0.2) is 0 Å². The number of carbonyl (C=O) groups is 1. The van der Waals surface area contributed by atoms with Gasteiger partial charge in [-0.1, -0.05) is 30.3 Å². The highest BCUT2D eigenvalue weighted by Gasteiger charge is 2.51. The van der Waals surface area contributed by atoms with E-state index in [9.17, 15) is 9.90 Å². The first-order valence-electron chi connectivity index (χ1n) is 8.83. The van der Waals surface area contributed by atoms with E-state index < -0.39 is 5.60 Å². The quantitative estimate of drug-likeness (QED) is 0.810. The van der Waals surface area contributed by atoms with Crippen molar-refractivity contribution in [2.45, 2.75) is 23.3 Å². The number of hydrogen-bond acceptors (Lipinski definition) is 5. The second-order valence-electron chi connectivity index (χ2n) is 6.84. The minimum atomic E-state index is -1.65. The molecule has 0 aliphatic carbocycles. The number of carbonyl (C=O) groups excluding carboxylic acids is 1. The molecule has 0 saturated carbocycles. The van der Waals surface area contributed by atoms with E-state index in [4.69, 9.17) is 9.88 Å². The van der Waals surface area contributed by atoms with Crippen LogP contribution in [0.1, 0.15) is 24.0 Å². The van der Waals surface area contributed by atoms with Crippen molar-refractivity contribution < 1.29 is 14.6 Å². The second-order valence-corrected chi connectivity index (χ2v) is 7.55. The van der Waals surface area contributed by atoms with Crippen molar-refractivity contribution in [1.29, 1.82) is 0 Å². The molecule has 4 rings (SSSR count). The fourth-order valence-electron chi connectivity index (χ4n) is 3.86. The summed E-state index contributed by atoms with van der Waals surface area (Å²) in [7, 11) is 0. The van der Waals surface area contributed by atoms with Gasteiger partial charge >= 0.3 is 0 Å². The molecule has 1 amide bonds. The molecule has 0 bridgehead atoms. The Bertz CT molecular complexity index is 805. The standard InChI is InChI=1S/C20H22N2O3S/c21-26-16-7-5-15(6-8-16)20(24)17-3-1-2-4-18(17)22(19(20)23)13-14-9-11-25-12-10-14/h1-8,14,24H,9-13,21H2. The van der Waals surface area contributed by atoms with Crippen molar-refractivity contribution >= 4 is 23.5 Å². The minimum Gasteiger partial charge on any atom is -0.381 e. The third-order valence-electron chi connectivity index (χ3n) is 5.33. The van der Waals surface area contributed by atoms with Gasteiger partial charge in [0.1, 0.15) is 0 Å². The number of nitrogens with two attached hydrogens (primary N) is 1. The molecule has 1 saturated heterocycles. The maximum Gasteiger partial charge on any atom is 0.268 e. The molecular weight excluding hydrogens is 348 g/mol. The zero-order valence-corrected chi connectivity index (χ0v) is 15.2. The Balaban J connectivity index is 1.72. The number of amides is 1. The second kappa shape index (κ2) is 7.04. The van der Waals surface area contributed by atoms with Gasteiger partial charge in [-0.3, -0.25) is 9.93 Å². The molecule has 136 valence electrons. The van der Waals surface area contributed by atoms with E-state index in [0.29, 0.717) is 23.6 Å². The van der Waals surface area contributed by atoms with Crippen LogP contribution < -0.4 is 10.0 Å². The summed E-state index contributed by atoms with van der Waals surface area (Å²) in [6, 6.07) is 14.7. The van der Waals surface area contributed by atoms with Crippen molar-refractivity contribution in [3.05, 3.63) is 59.7 Å². The van der Waals surface area contributed by atoms with Crippen molar-refractivity contribution in [3.8, 4) is 0 Å². The lowest BCUT2D eigenvalue weighted by molar-refractivity contribution is -0.132. The minimum absolute atomic E-state index is 0.279. The van der Waals surface area contributed by atoms with Crippen LogP contribution in [-0.2, 0) is 15.1 Å². The molecule has 2 aromatic rings. The first kappa shape index (κ1) is 17.5. The number of ether oxygens (including phenoxy) is 1. The molecule has 5 nitrogen and oxygen atoms in total. The molecular formula is C20H22N2O3S. The highest BCUT2D eigenvalue weighted by atomic mass is 32.2. The predicted octanol–water partition coefficient (Wildman–Crippen LogP) is 2.66. The summed E-state index contributed by atoms with van der Waals surface area (Å²) in [5, 5.41) is 17.1. The highest BCUT2D eigenvalue weighted by Crippen LogP contribution is 2.45. The number of benzene rings is 2. The van der Waals surface area contributed by atoms with E-state index in [1.807, 2.05) is 36.4 Å². The molecule has 26 heavy (non-hydrogen) atoms. The van der Waals surface area contributed by atoms with E-state index in [1.54, 1.807) is 17.0 Å². The summed E-state index contributed by atoms with van der Waals surface area (Å²) in [4.78, 5) is 16.0. The average molecular weight is 370 g/mol. The third-order valence-corrected chi connectivity index (χ3v) is 5.87. The van der Waals surface area contributed by atoms with Crippen molar-refractivity contribution in [2.24, 2.45) is 11.1 Å². The van der Waals surface area contributed by atoms with Gasteiger partial charge in [-0.15, -0.1) is 0 Å². The zero-order chi connectivity index (χ0) is 18.1. The lowest BCUT2D eigenvalue weighted by Crippen LogP contribution is -2.43. The van der Waals surface area contributed by atoms with E-state index >= 15 is 0 Å². The van der Waals surface area contributed by atoms with Crippen LogP contribution in [-0.4, -0.2) is 30.8 Å². The monoisotopic (exact) mass is 370 g/mol. The number of para-hydroxylation sites is 1. The number of hydrogen-bond donors (Lipinski definition) is 2. The first-order valence-corrected chi connectivity index (χ1v) is 9.71. The smallest absolute Gasteiger partial charge is 0.268 e. The van der Waals surface area contributed by atoms with Crippen LogP contribution in [0.4, 0.5) is 5.69 Å². The molecule has 2 aliphatic heterocycles. The topological polar surface area (TPSA) is 75.8 Å². The Hall–Kier alpha value is -1.86. The van der Waals surface area contributed by atoms with Gasteiger partial charge in [0.15, 0.2) is 5.60 Å². The van der Waals surface area contributed by atoms with Crippen LogP contribution in [0, 0.1) is 5.92 Å². The summed E-state index contributed by atoms with van der Waals surface area (Å²) in [5.74, 6) is 0.109. The van der Waals surface area contributed by atoms with E-state index in [1.165, 1.54) is 0 Å². The Labute approximate surface area is 157 Å². The SMILES string of the molecule is NSc1ccc(C2(O)C(=O)N(CC3CCOCC3)c3ccccc32)cc1. The molecule has 6 heteroatoms. The summed E-state index contributed by atoms with van der Waals surface area (Å²) in [5.41, 5.74) is 0.357. The van der Waals surface area contributed by atoms with Crippen LogP contribution >= 0.6 is 11.9 Å².